The van der Waals surface area contributed by atoms with Crippen LogP contribution in [0.3, 0.4) is 0 Å². The second-order valence-corrected chi connectivity index (χ2v) is 4.26. The maximum atomic E-state index is 10.5. The maximum Gasteiger partial charge on any atom is 0.303 e. The summed E-state index contributed by atoms with van der Waals surface area (Å²) in [7, 11) is 0. The van der Waals surface area contributed by atoms with Crippen LogP contribution in [0.2, 0.25) is 0 Å². The van der Waals surface area contributed by atoms with Gasteiger partial charge in [-0.2, -0.15) is 0 Å². The summed E-state index contributed by atoms with van der Waals surface area (Å²) < 4.78 is 0. The van der Waals surface area contributed by atoms with Crippen molar-refractivity contribution in [2.45, 2.75) is 39.5 Å². The number of allylic oxidation sites excluding steroid dienone is 1. The number of aryl methyl sites for hydroxylation is 2. The lowest BCUT2D eigenvalue weighted by Crippen LogP contribution is -1.97. The molecule has 0 unspecified atom stereocenters. The minimum absolute atomic E-state index is 0.241. The van der Waals surface area contributed by atoms with Crippen molar-refractivity contribution in [2.24, 2.45) is 0 Å². The Balaban J connectivity index is 2.75. The third kappa shape index (κ3) is 4.85. The highest BCUT2D eigenvalue weighted by atomic mass is 16.4. The van der Waals surface area contributed by atoms with E-state index in [0.29, 0.717) is 6.42 Å². The van der Waals surface area contributed by atoms with Crippen molar-refractivity contribution in [3.63, 3.8) is 0 Å². The van der Waals surface area contributed by atoms with Crippen molar-refractivity contribution in [3.05, 3.63) is 41.0 Å². The van der Waals surface area contributed by atoms with Crippen molar-refractivity contribution in [3.8, 4) is 0 Å². The third-order valence-corrected chi connectivity index (χ3v) is 2.67. The molecule has 0 bridgehead atoms. The Bertz CT molecular complexity index is 405. The second-order valence-electron chi connectivity index (χ2n) is 4.26. The highest BCUT2D eigenvalue weighted by Gasteiger charge is 2.02. The van der Waals surface area contributed by atoms with E-state index in [2.05, 4.69) is 44.2 Å². The first kappa shape index (κ1) is 13.5. The van der Waals surface area contributed by atoms with E-state index < -0.39 is 5.97 Å². The van der Waals surface area contributed by atoms with Crippen LogP contribution in [0, 0.1) is 6.92 Å². The van der Waals surface area contributed by atoms with E-state index in [1.807, 2.05) is 0 Å². The van der Waals surface area contributed by atoms with Gasteiger partial charge in [-0.1, -0.05) is 42.8 Å². The summed E-state index contributed by atoms with van der Waals surface area (Å²) in [5, 5.41) is 8.63. The quantitative estimate of drug-likeness (QED) is 0.809. The first-order valence-corrected chi connectivity index (χ1v) is 6.11. The smallest absolute Gasteiger partial charge is 0.303 e. The van der Waals surface area contributed by atoms with Crippen molar-refractivity contribution in [1.82, 2.24) is 0 Å². The molecule has 0 radical (unpaired) electrons. The summed E-state index contributed by atoms with van der Waals surface area (Å²) in [5.41, 5.74) is 3.70. The van der Waals surface area contributed by atoms with Crippen LogP contribution in [0.5, 0.6) is 0 Å². The first-order chi connectivity index (χ1) is 8.13. The van der Waals surface area contributed by atoms with Crippen molar-refractivity contribution in [2.75, 3.05) is 0 Å². The number of benzene rings is 1. The van der Waals surface area contributed by atoms with Gasteiger partial charge in [0.1, 0.15) is 0 Å². The summed E-state index contributed by atoms with van der Waals surface area (Å²) >= 11 is 0. The van der Waals surface area contributed by atoms with Gasteiger partial charge in [0.15, 0.2) is 0 Å². The predicted octanol–water partition coefficient (Wildman–Crippen LogP) is 3.83. The molecular formula is C15H20O2. The molecule has 1 aromatic rings. The van der Waals surface area contributed by atoms with E-state index in [9.17, 15) is 4.79 Å². The summed E-state index contributed by atoms with van der Waals surface area (Å²) in [6.07, 6.45) is 7.05. The van der Waals surface area contributed by atoms with E-state index in [1.165, 1.54) is 16.7 Å². The van der Waals surface area contributed by atoms with Gasteiger partial charge in [-0.05, 0) is 37.3 Å². The number of hydrogen-bond donors (Lipinski definition) is 1. The minimum atomic E-state index is -0.720. The summed E-state index contributed by atoms with van der Waals surface area (Å²) in [5.74, 6) is -0.720. The molecule has 0 saturated heterocycles. The highest BCUT2D eigenvalue weighted by Crippen LogP contribution is 2.16. The SMILES string of the molecule is CC/C=C/c1cc(C)ccc1CCCC(=O)O. The van der Waals surface area contributed by atoms with Crippen molar-refractivity contribution in [1.29, 1.82) is 0 Å². The van der Waals surface area contributed by atoms with Crippen LogP contribution in [0.4, 0.5) is 0 Å². The molecule has 0 spiro atoms. The Hall–Kier alpha value is -1.57. The van der Waals surface area contributed by atoms with E-state index in [1.54, 1.807) is 0 Å². The monoisotopic (exact) mass is 232 g/mol. The molecule has 0 atom stereocenters. The second kappa shape index (κ2) is 6.89. The predicted molar refractivity (Wildman–Crippen MR) is 71.1 cm³/mol. The zero-order valence-electron chi connectivity index (χ0n) is 10.6. The van der Waals surface area contributed by atoms with Crippen LogP contribution in [0.15, 0.2) is 24.3 Å². The molecular weight excluding hydrogens is 212 g/mol. The lowest BCUT2D eigenvalue weighted by Gasteiger charge is -2.06. The molecule has 0 fully saturated rings. The van der Waals surface area contributed by atoms with Crippen LogP contribution in [-0.4, -0.2) is 11.1 Å². The summed E-state index contributed by atoms with van der Waals surface area (Å²) in [4.78, 5) is 10.5. The molecule has 17 heavy (non-hydrogen) atoms. The van der Waals surface area contributed by atoms with Gasteiger partial charge in [0, 0.05) is 6.42 Å². The Kier molecular flexibility index (Phi) is 5.47. The van der Waals surface area contributed by atoms with E-state index in [0.717, 1.165) is 12.8 Å². The Morgan fingerprint density at radius 2 is 2.18 bits per heavy atom. The van der Waals surface area contributed by atoms with Gasteiger partial charge in [0.2, 0.25) is 0 Å². The van der Waals surface area contributed by atoms with Gasteiger partial charge < -0.3 is 5.11 Å². The molecule has 1 N–H and O–H groups in total. The normalized spacial score (nSPS) is 10.9. The minimum Gasteiger partial charge on any atom is -0.481 e. The van der Waals surface area contributed by atoms with Crippen LogP contribution in [-0.2, 0) is 11.2 Å². The molecule has 0 aliphatic carbocycles. The zero-order chi connectivity index (χ0) is 12.7. The number of aliphatic carboxylic acids is 1. The number of carbonyl (C=O) groups is 1. The third-order valence-electron chi connectivity index (χ3n) is 2.67. The van der Waals surface area contributed by atoms with Crippen molar-refractivity contribution < 1.29 is 9.90 Å². The average molecular weight is 232 g/mol. The van der Waals surface area contributed by atoms with Gasteiger partial charge in [0.05, 0.1) is 0 Å². The molecule has 0 heterocycles. The lowest BCUT2D eigenvalue weighted by atomic mass is 9.99. The summed E-state index contributed by atoms with van der Waals surface area (Å²) in [6.45, 7) is 4.18. The topological polar surface area (TPSA) is 37.3 Å². The molecule has 2 nitrogen and oxygen atoms in total. The van der Waals surface area contributed by atoms with Gasteiger partial charge >= 0.3 is 5.97 Å². The highest BCUT2D eigenvalue weighted by molar-refractivity contribution is 5.66. The van der Waals surface area contributed by atoms with Crippen LogP contribution in [0.25, 0.3) is 6.08 Å². The van der Waals surface area contributed by atoms with Crippen LogP contribution >= 0.6 is 0 Å². The molecule has 0 amide bonds. The average Bonchev–Trinajstić information content (AvgIpc) is 2.28. The Morgan fingerprint density at radius 1 is 1.41 bits per heavy atom. The summed E-state index contributed by atoms with van der Waals surface area (Å²) in [6, 6.07) is 6.34. The number of hydrogen-bond acceptors (Lipinski definition) is 1. The van der Waals surface area contributed by atoms with Gasteiger partial charge in [0.25, 0.3) is 0 Å². The molecule has 0 aliphatic heterocycles. The number of carboxylic acid groups (broad SMARTS) is 1. The fourth-order valence-corrected chi connectivity index (χ4v) is 1.77. The fourth-order valence-electron chi connectivity index (χ4n) is 1.77. The van der Waals surface area contributed by atoms with E-state index in [-0.39, 0.29) is 6.42 Å². The zero-order valence-corrected chi connectivity index (χ0v) is 10.6. The van der Waals surface area contributed by atoms with E-state index >= 15 is 0 Å². The largest absolute Gasteiger partial charge is 0.481 e. The molecule has 1 rings (SSSR count). The fraction of sp³-hybridized carbons (Fsp3) is 0.400. The Labute approximate surface area is 103 Å². The van der Waals surface area contributed by atoms with Gasteiger partial charge in [-0.3, -0.25) is 4.79 Å². The van der Waals surface area contributed by atoms with Gasteiger partial charge in [-0.15, -0.1) is 0 Å². The number of rotatable bonds is 6. The maximum absolute atomic E-state index is 10.5. The number of carboxylic acids is 1. The first-order valence-electron chi connectivity index (χ1n) is 6.11. The molecule has 0 aromatic heterocycles. The Morgan fingerprint density at radius 3 is 2.82 bits per heavy atom. The molecule has 2 heteroatoms. The lowest BCUT2D eigenvalue weighted by molar-refractivity contribution is -0.137. The standard InChI is InChI=1S/C15H20O2/c1-3-4-6-14-11-12(2)9-10-13(14)7-5-8-15(16)17/h4,6,9-11H,3,5,7-8H2,1-2H3,(H,16,17)/b6-4+. The van der Waals surface area contributed by atoms with E-state index in [4.69, 9.17) is 5.11 Å². The van der Waals surface area contributed by atoms with Crippen LogP contribution < -0.4 is 0 Å². The molecule has 92 valence electrons. The van der Waals surface area contributed by atoms with Crippen LogP contribution in [0.1, 0.15) is 42.9 Å². The van der Waals surface area contributed by atoms with Gasteiger partial charge in [-0.25, -0.2) is 0 Å². The molecule has 0 saturated carbocycles. The molecule has 1 aromatic carbocycles. The molecule has 0 aliphatic rings. The van der Waals surface area contributed by atoms with Crippen molar-refractivity contribution >= 4 is 12.0 Å².